The Bertz CT molecular complexity index is 548. The van der Waals surface area contributed by atoms with Crippen molar-refractivity contribution in [3.63, 3.8) is 0 Å². The molecule has 0 unspecified atom stereocenters. The Labute approximate surface area is 116 Å². The number of aryl methyl sites for hydroxylation is 2. The number of rotatable bonds is 6. The van der Waals surface area contributed by atoms with Gasteiger partial charge in [0.2, 0.25) is 5.91 Å². The molecular weight excluding hydrogens is 266 g/mol. The van der Waals surface area contributed by atoms with Gasteiger partial charge in [0.25, 0.3) is 0 Å². The van der Waals surface area contributed by atoms with Crippen molar-refractivity contribution >= 4 is 17.5 Å². The van der Waals surface area contributed by atoms with Gasteiger partial charge in [0.1, 0.15) is 6.54 Å². The second-order valence-electron chi connectivity index (χ2n) is 4.26. The molecule has 0 aliphatic rings. The van der Waals surface area contributed by atoms with Gasteiger partial charge in [0.15, 0.2) is 0 Å². The van der Waals surface area contributed by atoms with Crippen molar-refractivity contribution in [2.45, 2.75) is 26.4 Å². The number of hydrogen-bond donors (Lipinski definition) is 1. The van der Waals surface area contributed by atoms with Crippen LogP contribution in [0, 0.1) is 6.92 Å². The second kappa shape index (κ2) is 6.38. The first-order chi connectivity index (χ1) is 9.15. The molecule has 2 aromatic heterocycles. The Hall–Kier alpha value is -1.82. The SMILES string of the molecule is Cc1ccnn1CCCNC(=O)Cn1cc(Cl)cn1. The maximum absolute atomic E-state index is 11.6. The topological polar surface area (TPSA) is 64.7 Å². The average Bonchev–Trinajstić information content (AvgIpc) is 2.94. The lowest BCUT2D eigenvalue weighted by atomic mass is 10.4. The van der Waals surface area contributed by atoms with E-state index in [9.17, 15) is 4.79 Å². The van der Waals surface area contributed by atoms with Crippen LogP contribution in [0.2, 0.25) is 5.02 Å². The molecule has 2 aromatic rings. The molecule has 2 rings (SSSR count). The van der Waals surface area contributed by atoms with E-state index in [1.165, 1.54) is 10.9 Å². The van der Waals surface area contributed by atoms with Gasteiger partial charge in [-0.05, 0) is 19.4 Å². The minimum atomic E-state index is -0.0723. The highest BCUT2D eigenvalue weighted by Crippen LogP contribution is 2.04. The Morgan fingerprint density at radius 3 is 2.95 bits per heavy atom. The van der Waals surface area contributed by atoms with E-state index >= 15 is 0 Å². The number of hydrogen-bond acceptors (Lipinski definition) is 3. The van der Waals surface area contributed by atoms with Gasteiger partial charge >= 0.3 is 0 Å². The molecule has 19 heavy (non-hydrogen) atoms. The van der Waals surface area contributed by atoms with Crippen LogP contribution in [0.3, 0.4) is 0 Å². The molecule has 0 spiro atoms. The molecule has 0 saturated carbocycles. The zero-order chi connectivity index (χ0) is 13.7. The summed E-state index contributed by atoms with van der Waals surface area (Å²) in [7, 11) is 0. The molecule has 0 atom stereocenters. The molecule has 0 aromatic carbocycles. The van der Waals surface area contributed by atoms with Crippen molar-refractivity contribution in [1.82, 2.24) is 24.9 Å². The number of nitrogens with one attached hydrogen (secondary N) is 1. The standard InChI is InChI=1S/C12H16ClN5O/c1-10-3-5-15-18(10)6-2-4-14-12(19)9-17-8-11(13)7-16-17/h3,5,7-8H,2,4,6,9H2,1H3,(H,14,19). The lowest BCUT2D eigenvalue weighted by molar-refractivity contribution is -0.121. The van der Waals surface area contributed by atoms with Crippen molar-refractivity contribution in [3.8, 4) is 0 Å². The molecule has 0 fully saturated rings. The van der Waals surface area contributed by atoms with Crippen LogP contribution in [0.4, 0.5) is 0 Å². The fourth-order valence-corrected chi connectivity index (χ4v) is 1.87. The van der Waals surface area contributed by atoms with Gasteiger partial charge in [0.05, 0.1) is 11.2 Å². The number of nitrogens with zero attached hydrogens (tertiary/aromatic N) is 4. The largest absolute Gasteiger partial charge is 0.354 e. The first kappa shape index (κ1) is 13.6. The Balaban J connectivity index is 1.65. The predicted octanol–water partition coefficient (Wildman–Crippen LogP) is 1.25. The van der Waals surface area contributed by atoms with Crippen molar-refractivity contribution in [1.29, 1.82) is 0 Å². The molecular formula is C12H16ClN5O. The van der Waals surface area contributed by atoms with E-state index in [1.54, 1.807) is 12.4 Å². The molecule has 0 radical (unpaired) electrons. The monoisotopic (exact) mass is 281 g/mol. The molecule has 102 valence electrons. The zero-order valence-electron chi connectivity index (χ0n) is 10.7. The van der Waals surface area contributed by atoms with E-state index in [1.807, 2.05) is 17.7 Å². The molecule has 0 aliphatic heterocycles. The van der Waals surface area contributed by atoms with Crippen molar-refractivity contribution < 1.29 is 4.79 Å². The number of halogens is 1. The Morgan fingerprint density at radius 2 is 2.32 bits per heavy atom. The van der Waals surface area contributed by atoms with E-state index in [0.29, 0.717) is 11.6 Å². The van der Waals surface area contributed by atoms with Gasteiger partial charge in [-0.2, -0.15) is 10.2 Å². The molecule has 2 heterocycles. The smallest absolute Gasteiger partial charge is 0.241 e. The van der Waals surface area contributed by atoms with Crippen LogP contribution in [0.1, 0.15) is 12.1 Å². The molecule has 6 nitrogen and oxygen atoms in total. The van der Waals surface area contributed by atoms with Gasteiger partial charge < -0.3 is 5.32 Å². The highest BCUT2D eigenvalue weighted by molar-refractivity contribution is 6.30. The molecule has 7 heteroatoms. The average molecular weight is 282 g/mol. The number of amides is 1. The van der Waals surface area contributed by atoms with Crippen LogP contribution in [0.15, 0.2) is 24.7 Å². The van der Waals surface area contributed by atoms with E-state index < -0.39 is 0 Å². The fraction of sp³-hybridized carbons (Fsp3) is 0.417. The molecule has 1 N–H and O–H groups in total. The van der Waals surface area contributed by atoms with Crippen LogP contribution < -0.4 is 5.32 Å². The van der Waals surface area contributed by atoms with E-state index in [4.69, 9.17) is 11.6 Å². The van der Waals surface area contributed by atoms with Gasteiger partial charge in [0, 0.05) is 31.2 Å². The first-order valence-corrected chi connectivity index (χ1v) is 6.46. The van der Waals surface area contributed by atoms with E-state index in [0.717, 1.165) is 18.7 Å². The summed E-state index contributed by atoms with van der Waals surface area (Å²) in [5.74, 6) is -0.0723. The van der Waals surface area contributed by atoms with Crippen LogP contribution >= 0.6 is 11.6 Å². The summed E-state index contributed by atoms with van der Waals surface area (Å²) in [6.07, 6.45) is 5.74. The van der Waals surface area contributed by atoms with E-state index in [2.05, 4.69) is 15.5 Å². The first-order valence-electron chi connectivity index (χ1n) is 6.08. The lowest BCUT2D eigenvalue weighted by Crippen LogP contribution is -2.29. The summed E-state index contributed by atoms with van der Waals surface area (Å²) in [4.78, 5) is 11.6. The van der Waals surface area contributed by atoms with Gasteiger partial charge in [-0.1, -0.05) is 11.6 Å². The molecule has 0 bridgehead atoms. The minimum Gasteiger partial charge on any atom is -0.354 e. The predicted molar refractivity (Wildman–Crippen MR) is 71.8 cm³/mol. The number of carbonyl (C=O) groups excluding carboxylic acids is 1. The quantitative estimate of drug-likeness (QED) is 0.811. The second-order valence-corrected chi connectivity index (χ2v) is 4.69. The highest BCUT2D eigenvalue weighted by Gasteiger charge is 2.03. The van der Waals surface area contributed by atoms with Crippen molar-refractivity contribution in [2.24, 2.45) is 0 Å². The summed E-state index contributed by atoms with van der Waals surface area (Å²) in [6.45, 7) is 3.61. The molecule has 0 saturated heterocycles. The van der Waals surface area contributed by atoms with Gasteiger partial charge in [-0.3, -0.25) is 14.2 Å². The third kappa shape index (κ3) is 4.10. The van der Waals surface area contributed by atoms with Crippen LogP contribution in [-0.2, 0) is 17.9 Å². The highest BCUT2D eigenvalue weighted by atomic mass is 35.5. The van der Waals surface area contributed by atoms with Gasteiger partial charge in [-0.25, -0.2) is 0 Å². The zero-order valence-corrected chi connectivity index (χ0v) is 11.5. The summed E-state index contributed by atoms with van der Waals surface area (Å²) in [5, 5.41) is 11.5. The maximum Gasteiger partial charge on any atom is 0.241 e. The van der Waals surface area contributed by atoms with E-state index in [-0.39, 0.29) is 12.5 Å². The molecule has 0 aliphatic carbocycles. The third-order valence-electron chi connectivity index (χ3n) is 2.71. The summed E-state index contributed by atoms with van der Waals surface area (Å²) >= 11 is 5.72. The van der Waals surface area contributed by atoms with Crippen molar-refractivity contribution in [3.05, 3.63) is 35.4 Å². The number of carbonyl (C=O) groups is 1. The summed E-state index contributed by atoms with van der Waals surface area (Å²) in [5.41, 5.74) is 1.12. The molecule has 1 amide bonds. The van der Waals surface area contributed by atoms with Crippen LogP contribution in [0.25, 0.3) is 0 Å². The Kier molecular flexibility index (Phi) is 4.57. The maximum atomic E-state index is 11.6. The van der Waals surface area contributed by atoms with Gasteiger partial charge in [-0.15, -0.1) is 0 Å². The third-order valence-corrected chi connectivity index (χ3v) is 2.90. The lowest BCUT2D eigenvalue weighted by Gasteiger charge is -2.06. The summed E-state index contributed by atoms with van der Waals surface area (Å²) < 4.78 is 3.43. The summed E-state index contributed by atoms with van der Waals surface area (Å²) in [6, 6.07) is 1.96. The van der Waals surface area contributed by atoms with Crippen LogP contribution in [0.5, 0.6) is 0 Å². The minimum absolute atomic E-state index is 0.0723. The van der Waals surface area contributed by atoms with Crippen molar-refractivity contribution in [2.75, 3.05) is 6.54 Å². The fourth-order valence-electron chi connectivity index (χ4n) is 1.72. The normalized spacial score (nSPS) is 10.6. The Morgan fingerprint density at radius 1 is 1.47 bits per heavy atom. The number of aromatic nitrogens is 4. The van der Waals surface area contributed by atoms with Crippen LogP contribution in [-0.4, -0.2) is 32.0 Å².